The van der Waals surface area contributed by atoms with Gasteiger partial charge in [-0.1, -0.05) is 41.4 Å². The molecular weight excluding hydrogens is 279 g/mol. The summed E-state index contributed by atoms with van der Waals surface area (Å²) >= 11 is 11.5. The van der Waals surface area contributed by atoms with Gasteiger partial charge in [0.2, 0.25) is 0 Å². The predicted molar refractivity (Wildman–Crippen MR) is 70.1 cm³/mol. The van der Waals surface area contributed by atoms with Crippen LogP contribution in [-0.2, 0) is 6.54 Å². The minimum Gasteiger partial charge on any atom is -0.377 e. The van der Waals surface area contributed by atoms with Gasteiger partial charge < -0.3 is 5.32 Å². The molecule has 0 saturated heterocycles. The third-order valence-electron chi connectivity index (χ3n) is 2.45. The minimum atomic E-state index is -0.515. The van der Waals surface area contributed by atoms with Crippen LogP contribution in [0.2, 0.25) is 10.0 Å². The fourth-order valence-electron chi connectivity index (χ4n) is 1.54. The summed E-state index contributed by atoms with van der Waals surface area (Å²) in [4.78, 5) is 0. The van der Waals surface area contributed by atoms with E-state index in [1.807, 2.05) is 0 Å². The van der Waals surface area contributed by atoms with Crippen LogP contribution in [0.5, 0.6) is 0 Å². The predicted octanol–water partition coefficient (Wildman–Crippen LogP) is 4.88. The van der Waals surface area contributed by atoms with Crippen molar-refractivity contribution in [2.75, 3.05) is 5.32 Å². The van der Waals surface area contributed by atoms with E-state index in [9.17, 15) is 8.78 Å². The average Bonchev–Trinajstić information content (AvgIpc) is 2.33. The molecule has 0 unspecified atom stereocenters. The van der Waals surface area contributed by atoms with E-state index in [1.54, 1.807) is 18.2 Å². The van der Waals surface area contributed by atoms with Crippen molar-refractivity contribution in [3.05, 3.63) is 63.6 Å². The molecule has 2 aromatic carbocycles. The van der Waals surface area contributed by atoms with Crippen LogP contribution in [0.15, 0.2) is 36.4 Å². The van der Waals surface area contributed by atoms with Crippen LogP contribution >= 0.6 is 23.2 Å². The first kappa shape index (κ1) is 13.1. The van der Waals surface area contributed by atoms with Crippen LogP contribution in [0.4, 0.5) is 14.5 Å². The molecule has 0 aliphatic heterocycles. The lowest BCUT2D eigenvalue weighted by Gasteiger charge is -2.10. The van der Waals surface area contributed by atoms with Gasteiger partial charge in [0.05, 0.1) is 15.7 Å². The van der Waals surface area contributed by atoms with Crippen LogP contribution in [0.3, 0.4) is 0 Å². The van der Waals surface area contributed by atoms with E-state index in [1.165, 1.54) is 18.2 Å². The highest BCUT2D eigenvalue weighted by Gasteiger charge is 2.09. The zero-order valence-electron chi connectivity index (χ0n) is 9.18. The van der Waals surface area contributed by atoms with Gasteiger partial charge in [0.15, 0.2) is 0 Å². The Morgan fingerprint density at radius 3 is 2.33 bits per heavy atom. The molecule has 0 amide bonds. The quantitative estimate of drug-likeness (QED) is 0.848. The van der Waals surface area contributed by atoms with Gasteiger partial charge in [-0.3, -0.25) is 0 Å². The van der Waals surface area contributed by atoms with Crippen LogP contribution in [0.25, 0.3) is 0 Å². The fraction of sp³-hybridized carbons (Fsp3) is 0.0769. The molecule has 0 radical (unpaired) electrons. The molecule has 0 aromatic heterocycles. The number of benzene rings is 2. The second-order valence-electron chi connectivity index (χ2n) is 3.66. The Labute approximate surface area is 113 Å². The summed E-state index contributed by atoms with van der Waals surface area (Å²) in [5.41, 5.74) is 0.500. The summed E-state index contributed by atoms with van der Waals surface area (Å²) in [5.74, 6) is -0.996. The first-order valence-electron chi connectivity index (χ1n) is 5.20. The lowest BCUT2D eigenvalue weighted by atomic mass is 10.2. The number of halogens is 4. The molecule has 1 nitrogen and oxygen atoms in total. The first-order chi connectivity index (χ1) is 8.59. The van der Waals surface area contributed by atoms with E-state index in [0.29, 0.717) is 5.56 Å². The molecule has 0 fully saturated rings. The number of nitrogens with one attached hydrogen (secondary N) is 1. The molecule has 0 heterocycles. The van der Waals surface area contributed by atoms with Gasteiger partial charge in [-0.25, -0.2) is 8.78 Å². The van der Waals surface area contributed by atoms with Crippen LogP contribution in [0.1, 0.15) is 5.56 Å². The van der Waals surface area contributed by atoms with Crippen molar-refractivity contribution in [1.29, 1.82) is 0 Å². The Bertz CT molecular complexity index is 553. The fourth-order valence-corrected chi connectivity index (χ4v) is 1.96. The normalized spacial score (nSPS) is 10.4. The summed E-state index contributed by atoms with van der Waals surface area (Å²) < 4.78 is 27.1. The van der Waals surface area contributed by atoms with Crippen LogP contribution in [0, 0.1) is 11.6 Å². The highest BCUT2D eigenvalue weighted by molar-refractivity contribution is 6.33. The Kier molecular flexibility index (Phi) is 4.04. The third-order valence-corrected chi connectivity index (χ3v) is 3.06. The lowest BCUT2D eigenvalue weighted by molar-refractivity contribution is 0.611. The number of anilines is 1. The summed E-state index contributed by atoms with van der Waals surface area (Å²) in [5, 5.41) is 3.04. The minimum absolute atomic E-state index is 0.0360. The summed E-state index contributed by atoms with van der Waals surface area (Å²) in [6, 6.07) is 9.00. The molecule has 2 aromatic rings. The topological polar surface area (TPSA) is 12.0 Å². The molecule has 0 aliphatic rings. The molecule has 0 atom stereocenters. The summed E-state index contributed by atoms with van der Waals surface area (Å²) in [7, 11) is 0. The standard InChI is InChI=1S/C13H9Cl2F2N/c14-9-4-1-3-8(12(9)17)7-18-13-10(15)5-2-6-11(13)16/h1-6,18H,7H2. The molecule has 18 heavy (non-hydrogen) atoms. The molecule has 1 N–H and O–H groups in total. The zero-order chi connectivity index (χ0) is 13.1. The van der Waals surface area contributed by atoms with Crippen molar-refractivity contribution in [3.63, 3.8) is 0 Å². The molecule has 0 saturated carbocycles. The molecular formula is C13H9Cl2F2N. The summed E-state index contributed by atoms with van der Waals surface area (Å²) in [6.07, 6.45) is 0. The van der Waals surface area contributed by atoms with Gasteiger partial charge in [-0.15, -0.1) is 0 Å². The van der Waals surface area contributed by atoms with Crippen molar-refractivity contribution in [1.82, 2.24) is 0 Å². The van der Waals surface area contributed by atoms with Crippen molar-refractivity contribution in [2.24, 2.45) is 0 Å². The lowest BCUT2D eigenvalue weighted by Crippen LogP contribution is -2.04. The highest BCUT2D eigenvalue weighted by atomic mass is 35.5. The Balaban J connectivity index is 2.19. The van der Waals surface area contributed by atoms with Crippen LogP contribution < -0.4 is 5.32 Å². The third kappa shape index (κ3) is 2.74. The maximum atomic E-state index is 13.6. The van der Waals surface area contributed by atoms with E-state index in [-0.39, 0.29) is 22.3 Å². The molecule has 0 aliphatic carbocycles. The molecule has 0 spiro atoms. The second kappa shape index (κ2) is 5.55. The maximum absolute atomic E-state index is 13.6. The number of hydrogen-bond acceptors (Lipinski definition) is 1. The van der Waals surface area contributed by atoms with Gasteiger partial charge in [0.1, 0.15) is 11.6 Å². The largest absolute Gasteiger partial charge is 0.377 e. The first-order valence-corrected chi connectivity index (χ1v) is 5.96. The molecule has 5 heteroatoms. The average molecular weight is 288 g/mol. The van der Waals surface area contributed by atoms with E-state index in [4.69, 9.17) is 23.2 Å². The number of hydrogen-bond donors (Lipinski definition) is 1. The van der Waals surface area contributed by atoms with E-state index in [2.05, 4.69) is 5.32 Å². The highest BCUT2D eigenvalue weighted by Crippen LogP contribution is 2.26. The van der Waals surface area contributed by atoms with Crippen molar-refractivity contribution >= 4 is 28.9 Å². The van der Waals surface area contributed by atoms with Gasteiger partial charge in [-0.2, -0.15) is 0 Å². The van der Waals surface area contributed by atoms with Crippen molar-refractivity contribution in [3.8, 4) is 0 Å². The van der Waals surface area contributed by atoms with Gasteiger partial charge in [-0.05, 0) is 18.2 Å². The van der Waals surface area contributed by atoms with Crippen molar-refractivity contribution in [2.45, 2.75) is 6.54 Å². The van der Waals surface area contributed by atoms with E-state index >= 15 is 0 Å². The number of para-hydroxylation sites is 1. The summed E-state index contributed by atoms with van der Waals surface area (Å²) in [6.45, 7) is 0.104. The van der Waals surface area contributed by atoms with Crippen LogP contribution in [-0.4, -0.2) is 0 Å². The molecule has 0 bridgehead atoms. The van der Waals surface area contributed by atoms with Gasteiger partial charge in [0, 0.05) is 12.1 Å². The Morgan fingerprint density at radius 1 is 0.944 bits per heavy atom. The molecule has 94 valence electrons. The maximum Gasteiger partial charge on any atom is 0.147 e. The second-order valence-corrected chi connectivity index (χ2v) is 4.48. The Morgan fingerprint density at radius 2 is 1.61 bits per heavy atom. The monoisotopic (exact) mass is 287 g/mol. The van der Waals surface area contributed by atoms with Gasteiger partial charge >= 0.3 is 0 Å². The van der Waals surface area contributed by atoms with Crippen molar-refractivity contribution < 1.29 is 8.78 Å². The smallest absolute Gasteiger partial charge is 0.147 e. The van der Waals surface area contributed by atoms with Gasteiger partial charge in [0.25, 0.3) is 0 Å². The molecule has 2 rings (SSSR count). The van der Waals surface area contributed by atoms with E-state index < -0.39 is 11.6 Å². The Hall–Kier alpha value is -1.32. The van der Waals surface area contributed by atoms with E-state index in [0.717, 1.165) is 0 Å². The zero-order valence-corrected chi connectivity index (χ0v) is 10.7. The number of rotatable bonds is 3. The SMILES string of the molecule is Fc1cccc(Cl)c1NCc1cccc(Cl)c1F.